The van der Waals surface area contributed by atoms with E-state index in [1.165, 1.54) is 16.6 Å². The summed E-state index contributed by atoms with van der Waals surface area (Å²) in [6, 6.07) is 17.6. The second-order valence-corrected chi connectivity index (χ2v) is 10.7. The number of fused-ring (bicyclic) bond motifs is 3. The Labute approximate surface area is 201 Å². The molecule has 0 radical (unpaired) electrons. The van der Waals surface area contributed by atoms with Crippen molar-refractivity contribution in [1.82, 2.24) is 14.5 Å². The lowest BCUT2D eigenvalue weighted by molar-refractivity contribution is -0.128. The predicted molar refractivity (Wildman–Crippen MR) is 136 cm³/mol. The fourth-order valence-electron chi connectivity index (χ4n) is 4.25. The molecule has 0 saturated heterocycles. The molecule has 4 aromatic rings. The molecule has 0 N–H and O–H groups in total. The van der Waals surface area contributed by atoms with Crippen LogP contribution in [0.1, 0.15) is 33.2 Å². The van der Waals surface area contributed by atoms with Gasteiger partial charge in [-0.3, -0.25) is 14.2 Å². The van der Waals surface area contributed by atoms with Crippen molar-refractivity contribution in [2.45, 2.75) is 36.6 Å². The third-order valence-corrected chi connectivity index (χ3v) is 8.37. The van der Waals surface area contributed by atoms with E-state index in [0.717, 1.165) is 51.9 Å². The van der Waals surface area contributed by atoms with Crippen molar-refractivity contribution in [1.29, 1.82) is 0 Å². The van der Waals surface area contributed by atoms with Crippen LogP contribution in [0.5, 0.6) is 0 Å². The molecule has 0 aliphatic heterocycles. The molecule has 1 aliphatic rings. The number of benzene rings is 2. The number of carbonyl (C=O) groups is 1. The molecule has 7 heteroatoms. The monoisotopic (exact) mass is 475 g/mol. The number of nitrogens with zero attached hydrogens (tertiary/aromatic N) is 3. The number of amides is 1. The molecule has 0 spiro atoms. The van der Waals surface area contributed by atoms with E-state index in [1.54, 1.807) is 34.9 Å². The first kappa shape index (κ1) is 21.9. The highest BCUT2D eigenvalue weighted by Crippen LogP contribution is 2.39. The molecule has 5 nitrogen and oxygen atoms in total. The largest absolute Gasteiger partial charge is 0.348 e. The lowest BCUT2D eigenvalue weighted by Crippen LogP contribution is -2.28. The summed E-state index contributed by atoms with van der Waals surface area (Å²) in [6.45, 7) is 2.02. The summed E-state index contributed by atoms with van der Waals surface area (Å²) in [7, 11) is 3.51. The van der Waals surface area contributed by atoms with Gasteiger partial charge in [0.2, 0.25) is 5.91 Å². The average molecular weight is 476 g/mol. The summed E-state index contributed by atoms with van der Waals surface area (Å²) in [6.07, 6.45) is 3.03. The van der Waals surface area contributed by atoms with Gasteiger partial charge in [-0.15, -0.1) is 11.3 Å². The summed E-state index contributed by atoms with van der Waals surface area (Å²) in [5.41, 5.74) is 3.89. The standard InChI is InChI=1S/C26H25N3O2S2/c1-16-12-14-18(15-13-16)29-24(30)21-19-10-7-11-20(19)32-23(21)27-26(29)33-22(25(31)28(2)3)17-8-5-4-6-9-17/h4-6,8-9,12-15,22H,7,10-11H2,1-3H3. The van der Waals surface area contributed by atoms with E-state index in [1.807, 2.05) is 61.5 Å². The molecule has 1 atom stereocenters. The van der Waals surface area contributed by atoms with Crippen LogP contribution in [0.4, 0.5) is 0 Å². The summed E-state index contributed by atoms with van der Waals surface area (Å²) in [5.74, 6) is -0.0373. The van der Waals surface area contributed by atoms with E-state index in [0.29, 0.717) is 5.16 Å². The second-order valence-electron chi connectivity index (χ2n) is 8.55. The Hall–Kier alpha value is -2.90. The van der Waals surface area contributed by atoms with Crippen molar-refractivity contribution in [3.8, 4) is 5.69 Å². The number of aryl methyl sites for hydroxylation is 3. The Morgan fingerprint density at radius 2 is 1.82 bits per heavy atom. The van der Waals surface area contributed by atoms with Crippen molar-refractivity contribution in [2.75, 3.05) is 14.1 Å². The highest BCUT2D eigenvalue weighted by atomic mass is 32.2. The Bertz CT molecular complexity index is 1390. The molecule has 2 heterocycles. The second kappa shape index (κ2) is 8.80. The maximum Gasteiger partial charge on any atom is 0.267 e. The lowest BCUT2D eigenvalue weighted by atomic mass is 10.1. The summed E-state index contributed by atoms with van der Waals surface area (Å²) < 4.78 is 1.69. The molecule has 33 heavy (non-hydrogen) atoms. The molecule has 0 fully saturated rings. The third kappa shape index (κ3) is 4.00. The fourth-order valence-corrected chi connectivity index (χ4v) is 6.82. The lowest BCUT2D eigenvalue weighted by Gasteiger charge is -2.22. The van der Waals surface area contributed by atoms with E-state index in [-0.39, 0.29) is 11.5 Å². The summed E-state index contributed by atoms with van der Waals surface area (Å²) in [4.78, 5) is 35.7. The van der Waals surface area contributed by atoms with E-state index in [4.69, 9.17) is 4.98 Å². The molecular formula is C26H25N3O2S2. The van der Waals surface area contributed by atoms with Crippen molar-refractivity contribution >= 4 is 39.2 Å². The third-order valence-electron chi connectivity index (χ3n) is 5.99. The van der Waals surface area contributed by atoms with Gasteiger partial charge in [-0.25, -0.2) is 4.98 Å². The summed E-state index contributed by atoms with van der Waals surface area (Å²) in [5, 5.41) is 0.780. The normalized spacial score (nSPS) is 13.8. The van der Waals surface area contributed by atoms with Crippen LogP contribution in [0.15, 0.2) is 64.5 Å². The molecule has 0 saturated carbocycles. The fraction of sp³-hybridized carbons (Fsp3) is 0.269. The number of thioether (sulfide) groups is 1. The highest BCUT2D eigenvalue weighted by Gasteiger charge is 2.29. The van der Waals surface area contributed by atoms with Gasteiger partial charge >= 0.3 is 0 Å². The number of hydrogen-bond donors (Lipinski definition) is 0. The summed E-state index contributed by atoms with van der Waals surface area (Å²) >= 11 is 2.97. The van der Waals surface area contributed by atoms with Crippen molar-refractivity contribution in [3.63, 3.8) is 0 Å². The number of likely N-dealkylation sites (N-methyl/N-ethyl adjacent to an activating group) is 1. The SMILES string of the molecule is Cc1ccc(-n2c(SC(C(=O)N(C)C)c3ccccc3)nc3sc4c(c3c2=O)CCC4)cc1. The Morgan fingerprint density at radius 1 is 1.09 bits per heavy atom. The van der Waals surface area contributed by atoms with Crippen LogP contribution in [0.25, 0.3) is 15.9 Å². The maximum absolute atomic E-state index is 13.9. The van der Waals surface area contributed by atoms with Gasteiger partial charge in [-0.1, -0.05) is 59.8 Å². The van der Waals surface area contributed by atoms with Crippen LogP contribution in [-0.4, -0.2) is 34.5 Å². The van der Waals surface area contributed by atoms with Gasteiger partial charge in [0.1, 0.15) is 10.1 Å². The van der Waals surface area contributed by atoms with Gasteiger partial charge in [0.15, 0.2) is 5.16 Å². The molecule has 5 rings (SSSR count). The molecule has 1 aliphatic carbocycles. The zero-order chi connectivity index (χ0) is 23.1. The van der Waals surface area contributed by atoms with E-state index in [9.17, 15) is 9.59 Å². The number of thiophene rings is 1. The first-order valence-electron chi connectivity index (χ1n) is 11.0. The van der Waals surface area contributed by atoms with Crippen molar-refractivity contribution < 1.29 is 4.79 Å². The number of carbonyl (C=O) groups excluding carboxylic acids is 1. The van der Waals surface area contributed by atoms with Gasteiger partial charge in [0.25, 0.3) is 5.56 Å². The zero-order valence-corrected chi connectivity index (χ0v) is 20.5. The van der Waals surface area contributed by atoms with E-state index >= 15 is 0 Å². The number of rotatable bonds is 5. The first-order chi connectivity index (χ1) is 15.9. The quantitative estimate of drug-likeness (QED) is 0.295. The molecule has 1 amide bonds. The van der Waals surface area contributed by atoms with Gasteiger partial charge < -0.3 is 4.90 Å². The van der Waals surface area contributed by atoms with E-state index < -0.39 is 5.25 Å². The molecular weight excluding hydrogens is 450 g/mol. The number of aromatic nitrogens is 2. The Morgan fingerprint density at radius 3 is 2.52 bits per heavy atom. The first-order valence-corrected chi connectivity index (χ1v) is 12.7. The molecule has 168 valence electrons. The van der Waals surface area contributed by atoms with Gasteiger partial charge in [-0.2, -0.15) is 0 Å². The smallest absolute Gasteiger partial charge is 0.267 e. The van der Waals surface area contributed by atoms with Crippen molar-refractivity contribution in [2.24, 2.45) is 0 Å². The Kier molecular flexibility index (Phi) is 5.85. The predicted octanol–water partition coefficient (Wildman–Crippen LogP) is 5.17. The van der Waals surface area contributed by atoms with Crippen LogP contribution in [0.2, 0.25) is 0 Å². The van der Waals surface area contributed by atoms with Crippen LogP contribution >= 0.6 is 23.1 Å². The minimum atomic E-state index is -0.506. The topological polar surface area (TPSA) is 55.2 Å². The molecule has 2 aromatic heterocycles. The molecule has 2 aromatic carbocycles. The van der Waals surface area contributed by atoms with Crippen molar-refractivity contribution in [3.05, 3.63) is 86.5 Å². The minimum absolute atomic E-state index is 0.0373. The molecule has 1 unspecified atom stereocenters. The van der Waals surface area contributed by atoms with E-state index in [2.05, 4.69) is 0 Å². The van der Waals surface area contributed by atoms with Crippen LogP contribution in [0, 0.1) is 6.92 Å². The zero-order valence-electron chi connectivity index (χ0n) is 18.9. The molecule has 0 bridgehead atoms. The van der Waals surface area contributed by atoms with Gasteiger partial charge in [-0.05, 0) is 49.4 Å². The highest BCUT2D eigenvalue weighted by molar-refractivity contribution is 8.00. The van der Waals surface area contributed by atoms with Gasteiger partial charge in [0.05, 0.1) is 11.1 Å². The van der Waals surface area contributed by atoms with Gasteiger partial charge in [0, 0.05) is 19.0 Å². The van der Waals surface area contributed by atoms with Crippen LogP contribution < -0.4 is 5.56 Å². The van der Waals surface area contributed by atoms with Crippen LogP contribution in [0.3, 0.4) is 0 Å². The van der Waals surface area contributed by atoms with Crippen LogP contribution in [-0.2, 0) is 17.6 Å². The number of hydrogen-bond acceptors (Lipinski definition) is 5. The average Bonchev–Trinajstić information content (AvgIpc) is 3.39. The minimum Gasteiger partial charge on any atom is -0.348 e. The Balaban J connectivity index is 1.72. The maximum atomic E-state index is 13.9.